The molecule has 0 saturated heterocycles. The number of nitrogen functional groups attached to an aromatic ring is 1. The van der Waals surface area contributed by atoms with Crippen molar-refractivity contribution in [2.75, 3.05) is 5.73 Å². The van der Waals surface area contributed by atoms with Gasteiger partial charge in [0.15, 0.2) is 0 Å². The van der Waals surface area contributed by atoms with E-state index in [4.69, 9.17) is 5.73 Å². The van der Waals surface area contributed by atoms with Crippen LogP contribution >= 0.6 is 0 Å². The maximum Gasteiger partial charge on any atom is 0.224 e. The smallest absolute Gasteiger partial charge is 0.224 e. The fourth-order valence-electron chi connectivity index (χ4n) is 1.62. The molecule has 2 rings (SSSR count). The van der Waals surface area contributed by atoms with Crippen LogP contribution in [0.4, 0.5) is 5.82 Å². The van der Waals surface area contributed by atoms with Crippen molar-refractivity contribution in [3.8, 4) is 0 Å². The highest BCUT2D eigenvalue weighted by atomic mass is 16.1. The summed E-state index contributed by atoms with van der Waals surface area (Å²) in [4.78, 5) is 11.6. The van der Waals surface area contributed by atoms with Crippen molar-refractivity contribution in [3.63, 3.8) is 0 Å². The van der Waals surface area contributed by atoms with Gasteiger partial charge in [0, 0.05) is 18.0 Å². The van der Waals surface area contributed by atoms with E-state index in [0.717, 1.165) is 18.4 Å². The molecular weight excluding hydrogens is 192 g/mol. The van der Waals surface area contributed by atoms with Gasteiger partial charge in [0.2, 0.25) is 5.91 Å². The Morgan fingerprint density at radius 1 is 1.60 bits per heavy atom. The number of aromatic nitrogens is 2. The Kier molecular flexibility index (Phi) is 2.71. The number of hydrogen-bond acceptors (Lipinski definition) is 3. The molecule has 80 valence electrons. The molecule has 15 heavy (non-hydrogen) atoms. The molecule has 1 aromatic heterocycles. The number of amides is 1. The number of nitrogens with zero attached hydrogens (tertiary/aromatic N) is 1. The highest BCUT2D eigenvalue weighted by molar-refractivity contribution is 5.79. The normalized spacial score (nSPS) is 15.7. The second kappa shape index (κ2) is 4.16. The van der Waals surface area contributed by atoms with Gasteiger partial charge >= 0.3 is 0 Å². The van der Waals surface area contributed by atoms with E-state index in [-0.39, 0.29) is 11.8 Å². The van der Waals surface area contributed by atoms with Gasteiger partial charge in [-0.3, -0.25) is 9.89 Å². The predicted octanol–water partition coefficient (Wildman–Crippen LogP) is 0.574. The fraction of sp³-hybridized carbons (Fsp3) is 0.400. The molecule has 1 amide bonds. The third-order valence-electron chi connectivity index (χ3n) is 2.58. The molecule has 0 unspecified atom stereocenters. The van der Waals surface area contributed by atoms with Gasteiger partial charge in [-0.1, -0.05) is 12.2 Å². The summed E-state index contributed by atoms with van der Waals surface area (Å²) in [7, 11) is 0. The second-order valence-electron chi connectivity index (χ2n) is 3.67. The van der Waals surface area contributed by atoms with Crippen molar-refractivity contribution >= 4 is 11.7 Å². The first-order valence-corrected chi connectivity index (χ1v) is 4.98. The van der Waals surface area contributed by atoms with E-state index in [0.29, 0.717) is 12.4 Å². The summed E-state index contributed by atoms with van der Waals surface area (Å²) in [5, 5.41) is 9.26. The SMILES string of the molecule is Nc1[nH]ncc1CNC(=O)C1CC=CC1. The maximum atomic E-state index is 11.6. The van der Waals surface area contributed by atoms with Gasteiger partial charge in [0.05, 0.1) is 6.20 Å². The molecule has 0 atom stereocenters. The molecule has 0 bridgehead atoms. The van der Waals surface area contributed by atoms with E-state index in [9.17, 15) is 4.79 Å². The number of anilines is 1. The van der Waals surface area contributed by atoms with E-state index in [1.165, 1.54) is 0 Å². The molecule has 4 N–H and O–H groups in total. The number of carbonyl (C=O) groups is 1. The number of rotatable bonds is 3. The first-order valence-electron chi connectivity index (χ1n) is 4.98. The van der Waals surface area contributed by atoms with Crippen LogP contribution in [-0.4, -0.2) is 16.1 Å². The summed E-state index contributed by atoms with van der Waals surface area (Å²) in [5.74, 6) is 0.693. The maximum absolute atomic E-state index is 11.6. The van der Waals surface area contributed by atoms with Crippen LogP contribution in [0, 0.1) is 5.92 Å². The average Bonchev–Trinajstić information content (AvgIpc) is 2.85. The quantitative estimate of drug-likeness (QED) is 0.632. The first-order chi connectivity index (χ1) is 7.27. The summed E-state index contributed by atoms with van der Waals surface area (Å²) in [6, 6.07) is 0. The fourth-order valence-corrected chi connectivity index (χ4v) is 1.62. The predicted molar refractivity (Wildman–Crippen MR) is 56.7 cm³/mol. The number of nitrogens with two attached hydrogens (primary N) is 1. The van der Waals surface area contributed by atoms with Crippen LogP contribution in [0.15, 0.2) is 18.3 Å². The molecule has 0 radical (unpaired) electrons. The Balaban J connectivity index is 1.83. The van der Waals surface area contributed by atoms with Crippen LogP contribution in [0.3, 0.4) is 0 Å². The van der Waals surface area contributed by atoms with Gasteiger partial charge in [0.25, 0.3) is 0 Å². The van der Waals surface area contributed by atoms with E-state index < -0.39 is 0 Å². The van der Waals surface area contributed by atoms with Crippen LogP contribution in [0.5, 0.6) is 0 Å². The molecule has 1 aliphatic rings. The van der Waals surface area contributed by atoms with E-state index in [2.05, 4.69) is 15.5 Å². The van der Waals surface area contributed by atoms with Crippen molar-refractivity contribution in [2.24, 2.45) is 5.92 Å². The molecule has 0 saturated carbocycles. The van der Waals surface area contributed by atoms with Crippen molar-refractivity contribution < 1.29 is 4.79 Å². The lowest BCUT2D eigenvalue weighted by atomic mass is 10.1. The molecule has 5 heteroatoms. The van der Waals surface area contributed by atoms with Gasteiger partial charge in [-0.25, -0.2) is 0 Å². The minimum absolute atomic E-state index is 0.0839. The zero-order valence-corrected chi connectivity index (χ0v) is 8.36. The van der Waals surface area contributed by atoms with Gasteiger partial charge in [-0.05, 0) is 12.8 Å². The van der Waals surface area contributed by atoms with E-state index >= 15 is 0 Å². The third kappa shape index (κ3) is 2.18. The first kappa shape index (κ1) is 9.76. The van der Waals surface area contributed by atoms with Crippen LogP contribution in [0.2, 0.25) is 0 Å². The summed E-state index contributed by atoms with van der Waals surface area (Å²) in [6.45, 7) is 0.442. The van der Waals surface area contributed by atoms with Gasteiger partial charge in [-0.15, -0.1) is 0 Å². The number of nitrogens with one attached hydrogen (secondary N) is 2. The molecule has 5 nitrogen and oxygen atoms in total. The number of aromatic amines is 1. The van der Waals surface area contributed by atoms with Crippen LogP contribution in [0.25, 0.3) is 0 Å². The number of hydrogen-bond donors (Lipinski definition) is 3. The van der Waals surface area contributed by atoms with Crippen LogP contribution < -0.4 is 11.1 Å². The molecule has 0 spiro atoms. The Labute approximate surface area is 87.7 Å². The lowest BCUT2D eigenvalue weighted by Gasteiger charge is -2.09. The Morgan fingerprint density at radius 2 is 2.33 bits per heavy atom. The number of carbonyl (C=O) groups excluding carboxylic acids is 1. The minimum Gasteiger partial charge on any atom is -0.384 e. The highest BCUT2D eigenvalue weighted by Crippen LogP contribution is 2.17. The van der Waals surface area contributed by atoms with Gasteiger partial charge < -0.3 is 11.1 Å². The standard InChI is InChI=1S/C10H14N4O/c11-9-8(6-13-14-9)5-12-10(15)7-3-1-2-4-7/h1-2,6-7H,3-5H2,(H,12,15)(H3,11,13,14). The molecule has 0 aliphatic heterocycles. The summed E-state index contributed by atoms with van der Waals surface area (Å²) >= 11 is 0. The monoisotopic (exact) mass is 206 g/mol. The van der Waals surface area contributed by atoms with Crippen molar-refractivity contribution in [1.29, 1.82) is 0 Å². The minimum atomic E-state index is 0.0839. The van der Waals surface area contributed by atoms with Crippen molar-refractivity contribution in [3.05, 3.63) is 23.9 Å². The summed E-state index contributed by atoms with van der Waals surface area (Å²) in [6.07, 6.45) is 7.38. The van der Waals surface area contributed by atoms with Gasteiger partial charge in [-0.2, -0.15) is 5.10 Å². The topological polar surface area (TPSA) is 83.8 Å². The van der Waals surface area contributed by atoms with E-state index in [1.54, 1.807) is 6.20 Å². The summed E-state index contributed by atoms with van der Waals surface area (Å²) < 4.78 is 0. The molecule has 0 aromatic carbocycles. The van der Waals surface area contributed by atoms with E-state index in [1.807, 2.05) is 12.2 Å². The average molecular weight is 206 g/mol. The second-order valence-corrected chi connectivity index (χ2v) is 3.67. The third-order valence-corrected chi connectivity index (χ3v) is 2.58. The Bertz CT molecular complexity index is 375. The number of H-pyrrole nitrogens is 1. The van der Waals surface area contributed by atoms with Gasteiger partial charge in [0.1, 0.15) is 5.82 Å². The lowest BCUT2D eigenvalue weighted by Crippen LogP contribution is -2.29. The van der Waals surface area contributed by atoms with Crippen molar-refractivity contribution in [1.82, 2.24) is 15.5 Å². The molecular formula is C10H14N4O. The summed E-state index contributed by atoms with van der Waals surface area (Å²) in [5.41, 5.74) is 6.43. The number of allylic oxidation sites excluding steroid dienone is 2. The molecule has 1 aromatic rings. The Morgan fingerprint density at radius 3 is 2.93 bits per heavy atom. The van der Waals surface area contributed by atoms with Crippen LogP contribution in [-0.2, 0) is 11.3 Å². The lowest BCUT2D eigenvalue weighted by molar-refractivity contribution is -0.124. The molecule has 1 heterocycles. The zero-order valence-electron chi connectivity index (χ0n) is 8.36. The highest BCUT2D eigenvalue weighted by Gasteiger charge is 2.18. The Hall–Kier alpha value is -1.78. The largest absolute Gasteiger partial charge is 0.384 e. The zero-order chi connectivity index (χ0) is 10.7. The molecule has 1 aliphatic carbocycles. The van der Waals surface area contributed by atoms with Crippen molar-refractivity contribution in [2.45, 2.75) is 19.4 Å². The van der Waals surface area contributed by atoms with Crippen LogP contribution in [0.1, 0.15) is 18.4 Å². The molecule has 0 fully saturated rings.